The van der Waals surface area contributed by atoms with Crippen LogP contribution in [0.1, 0.15) is 23.1 Å². The highest BCUT2D eigenvalue weighted by Crippen LogP contribution is 2.30. The van der Waals surface area contributed by atoms with E-state index < -0.39 is 71.7 Å². The van der Waals surface area contributed by atoms with Crippen molar-refractivity contribution in [3.8, 4) is 11.4 Å². The van der Waals surface area contributed by atoms with E-state index in [4.69, 9.17) is 16.3 Å². The van der Waals surface area contributed by atoms with Crippen LogP contribution in [0.2, 0.25) is 5.02 Å². The fourth-order valence-corrected chi connectivity index (χ4v) is 3.33. The molecule has 188 valence electrons. The molecule has 1 amide bonds. The smallest absolute Gasteiger partial charge is 0.350 e. The number of aliphatic hydroxyl groups is 1. The molecule has 0 saturated heterocycles. The molecule has 1 aromatic heterocycles. The number of halogens is 6. The summed E-state index contributed by atoms with van der Waals surface area (Å²) in [7, 11) is 0. The number of carbonyl (C=O) groups excluding carboxylic acids is 1. The van der Waals surface area contributed by atoms with E-state index in [0.717, 1.165) is 10.6 Å². The molecule has 0 aliphatic heterocycles. The molecule has 3 aromatic rings. The topological polar surface area (TPSA) is 98.4 Å². The summed E-state index contributed by atoms with van der Waals surface area (Å²) in [5.41, 5.74) is -2.70. The third-order valence-electron chi connectivity index (χ3n) is 4.83. The first kappa shape index (κ1) is 26.2. The minimum Gasteiger partial charge on any atom is -0.481 e. The third-order valence-corrected chi connectivity index (χ3v) is 5.15. The first-order valence-corrected chi connectivity index (χ1v) is 10.4. The average Bonchev–Trinajstić information content (AvgIpc) is 3.15. The van der Waals surface area contributed by atoms with E-state index >= 15 is 4.39 Å². The van der Waals surface area contributed by atoms with Gasteiger partial charge in [-0.2, -0.15) is 4.68 Å². The lowest BCUT2D eigenvalue weighted by Crippen LogP contribution is -2.29. The zero-order chi connectivity index (χ0) is 25.9. The highest BCUT2D eigenvalue weighted by molar-refractivity contribution is 6.34. The number of nitrogens with one attached hydrogen (secondary N) is 1. The lowest BCUT2D eigenvalue weighted by Gasteiger charge is -2.19. The van der Waals surface area contributed by atoms with Gasteiger partial charge in [0, 0.05) is 12.6 Å². The Morgan fingerprint density at radius 2 is 1.97 bits per heavy atom. The van der Waals surface area contributed by atoms with E-state index in [-0.39, 0.29) is 17.4 Å². The molecular weight excluding hydrogens is 503 g/mol. The number of carbonyl (C=O) groups is 1. The van der Waals surface area contributed by atoms with Crippen molar-refractivity contribution in [3.05, 3.63) is 68.9 Å². The summed E-state index contributed by atoms with van der Waals surface area (Å²) >= 11 is 5.87. The quantitative estimate of drug-likeness (QED) is 0.419. The van der Waals surface area contributed by atoms with E-state index in [2.05, 4.69) is 10.4 Å². The Balaban J connectivity index is 2.15. The van der Waals surface area contributed by atoms with Crippen LogP contribution in [0.3, 0.4) is 0 Å². The molecule has 0 aliphatic rings. The summed E-state index contributed by atoms with van der Waals surface area (Å²) in [5.74, 6) is -4.23. The van der Waals surface area contributed by atoms with Crippen molar-refractivity contribution < 1.29 is 36.6 Å². The predicted molar refractivity (Wildman–Crippen MR) is 115 cm³/mol. The number of benzene rings is 2. The maximum absolute atomic E-state index is 15.1. The van der Waals surface area contributed by atoms with Gasteiger partial charge in [-0.25, -0.2) is 26.7 Å². The second kappa shape index (κ2) is 10.9. The molecule has 0 bridgehead atoms. The molecule has 1 atom stereocenters. The standard InChI is InChI=1S/C21H18ClF5N4O4/c1-2-30-17(9-32)29-31(21(30)34)14-7-15(35-16(8-23)19(26)27)10(6-13(14)25)20(33)28-18-11(22)4-3-5-12(18)24/h3-7,16,19,32H,2,8-9H2,1H3,(H,28,33)/t16-/m0/s1. The second-order valence-electron chi connectivity index (χ2n) is 7.01. The van der Waals surface area contributed by atoms with E-state index in [1.807, 2.05) is 0 Å². The third kappa shape index (κ3) is 5.30. The number of para-hydroxylation sites is 1. The second-order valence-corrected chi connectivity index (χ2v) is 7.42. The van der Waals surface area contributed by atoms with Crippen molar-refractivity contribution in [1.82, 2.24) is 14.3 Å². The number of hydrogen-bond acceptors (Lipinski definition) is 5. The van der Waals surface area contributed by atoms with Crippen molar-refractivity contribution in [2.24, 2.45) is 0 Å². The van der Waals surface area contributed by atoms with Gasteiger partial charge in [-0.15, -0.1) is 5.10 Å². The van der Waals surface area contributed by atoms with Gasteiger partial charge in [0.1, 0.15) is 36.4 Å². The van der Waals surface area contributed by atoms with E-state index in [1.54, 1.807) is 6.92 Å². The first-order chi connectivity index (χ1) is 16.6. The van der Waals surface area contributed by atoms with E-state index in [1.165, 1.54) is 12.1 Å². The lowest BCUT2D eigenvalue weighted by atomic mass is 10.1. The summed E-state index contributed by atoms with van der Waals surface area (Å²) in [6.45, 7) is -0.698. The molecule has 0 unspecified atom stereocenters. The Labute approximate surface area is 199 Å². The minimum absolute atomic E-state index is 0.0684. The predicted octanol–water partition coefficient (Wildman–Crippen LogP) is 3.71. The van der Waals surface area contributed by atoms with Gasteiger partial charge in [-0.1, -0.05) is 17.7 Å². The molecule has 0 radical (unpaired) electrons. The molecule has 2 aromatic carbocycles. The monoisotopic (exact) mass is 520 g/mol. The number of anilines is 1. The van der Waals surface area contributed by atoms with Gasteiger partial charge in [0.05, 0.1) is 16.3 Å². The Bertz CT molecular complexity index is 1280. The Hall–Kier alpha value is -3.45. The molecule has 1 heterocycles. The molecule has 35 heavy (non-hydrogen) atoms. The number of hydrogen-bond donors (Lipinski definition) is 2. The van der Waals surface area contributed by atoms with Crippen LogP contribution in [0.4, 0.5) is 27.6 Å². The Kier molecular flexibility index (Phi) is 8.12. The van der Waals surface area contributed by atoms with Crippen molar-refractivity contribution in [2.75, 3.05) is 12.0 Å². The number of nitrogens with zero attached hydrogens (tertiary/aromatic N) is 3. The van der Waals surface area contributed by atoms with E-state index in [9.17, 15) is 32.3 Å². The van der Waals surface area contributed by atoms with Crippen molar-refractivity contribution in [1.29, 1.82) is 0 Å². The van der Waals surface area contributed by atoms with Crippen LogP contribution < -0.4 is 15.7 Å². The molecule has 0 fully saturated rings. The largest absolute Gasteiger partial charge is 0.481 e. The lowest BCUT2D eigenvalue weighted by molar-refractivity contribution is -0.00159. The number of amides is 1. The van der Waals surface area contributed by atoms with Gasteiger partial charge in [-0.3, -0.25) is 9.36 Å². The van der Waals surface area contributed by atoms with Gasteiger partial charge in [-0.05, 0) is 25.1 Å². The van der Waals surface area contributed by atoms with Crippen molar-refractivity contribution >= 4 is 23.2 Å². The number of rotatable bonds is 9. The molecule has 0 spiro atoms. The molecule has 14 heteroatoms. The van der Waals surface area contributed by atoms with Crippen LogP contribution in [-0.4, -0.2) is 44.6 Å². The zero-order valence-corrected chi connectivity index (χ0v) is 18.7. The van der Waals surface area contributed by atoms with Gasteiger partial charge < -0.3 is 15.2 Å². The minimum atomic E-state index is -3.33. The fourth-order valence-electron chi connectivity index (χ4n) is 3.12. The van der Waals surface area contributed by atoms with E-state index in [0.29, 0.717) is 16.8 Å². The zero-order valence-electron chi connectivity index (χ0n) is 17.9. The molecular formula is C21H18ClF5N4O4. The van der Waals surface area contributed by atoms with Crippen molar-refractivity contribution in [2.45, 2.75) is 32.6 Å². The average molecular weight is 521 g/mol. The fraction of sp³-hybridized carbons (Fsp3) is 0.286. The molecule has 0 aliphatic carbocycles. The van der Waals surface area contributed by atoms with Gasteiger partial charge in [0.25, 0.3) is 12.3 Å². The maximum Gasteiger partial charge on any atom is 0.350 e. The summed E-state index contributed by atoms with van der Waals surface area (Å²) in [6.07, 6.45) is -5.66. The SMILES string of the molecule is CCn1c(CO)nn(-c2cc(O[C@@H](CF)C(F)F)c(C(=O)Nc3c(F)cccc3Cl)cc2F)c1=O. The molecule has 0 saturated carbocycles. The molecule has 8 nitrogen and oxygen atoms in total. The molecule has 2 N–H and O–H groups in total. The Morgan fingerprint density at radius 1 is 1.26 bits per heavy atom. The number of aliphatic hydroxyl groups excluding tert-OH is 1. The number of alkyl halides is 3. The summed E-state index contributed by atoms with van der Waals surface area (Å²) < 4.78 is 75.1. The van der Waals surface area contributed by atoms with Crippen LogP contribution in [0.5, 0.6) is 5.75 Å². The van der Waals surface area contributed by atoms with Crippen LogP contribution in [0, 0.1) is 11.6 Å². The Morgan fingerprint density at radius 3 is 2.51 bits per heavy atom. The summed E-state index contributed by atoms with van der Waals surface area (Å²) in [4.78, 5) is 25.4. The van der Waals surface area contributed by atoms with Gasteiger partial charge >= 0.3 is 5.69 Å². The number of ether oxygens (including phenoxy) is 1. The highest BCUT2D eigenvalue weighted by Gasteiger charge is 2.28. The highest BCUT2D eigenvalue weighted by atomic mass is 35.5. The summed E-state index contributed by atoms with van der Waals surface area (Å²) in [5, 5.41) is 15.1. The number of aromatic nitrogens is 3. The van der Waals surface area contributed by atoms with Crippen LogP contribution in [-0.2, 0) is 13.2 Å². The maximum atomic E-state index is 15.1. The van der Waals surface area contributed by atoms with Crippen LogP contribution in [0.25, 0.3) is 5.69 Å². The van der Waals surface area contributed by atoms with Crippen LogP contribution in [0.15, 0.2) is 35.1 Å². The van der Waals surface area contributed by atoms with Gasteiger partial charge in [0.15, 0.2) is 11.9 Å². The van der Waals surface area contributed by atoms with Gasteiger partial charge in [0.2, 0.25) is 0 Å². The first-order valence-electron chi connectivity index (χ1n) is 10.0. The molecule has 3 rings (SSSR count). The van der Waals surface area contributed by atoms with Crippen molar-refractivity contribution in [3.63, 3.8) is 0 Å². The summed E-state index contributed by atoms with van der Waals surface area (Å²) in [6, 6.07) is 4.73. The van der Waals surface area contributed by atoms with Crippen LogP contribution >= 0.6 is 11.6 Å². The normalized spacial score (nSPS) is 12.1.